The topological polar surface area (TPSA) is 68.3 Å². The number of esters is 1. The number of nitrogens with one attached hydrogen (secondary N) is 1. The Hall–Kier alpha value is -2.57. The average molecular weight is 415 g/mol. The Balaban J connectivity index is 1.43. The van der Waals surface area contributed by atoms with Crippen molar-refractivity contribution in [2.45, 2.75) is 18.5 Å². The summed E-state index contributed by atoms with van der Waals surface area (Å²) >= 11 is 7.11. The number of carbonyl (C=O) groups is 2. The molecule has 0 aliphatic heterocycles. The molecule has 144 valence electrons. The molecule has 0 radical (unpaired) electrons. The number of pyridine rings is 1. The predicted molar refractivity (Wildman–Crippen MR) is 111 cm³/mol. The summed E-state index contributed by atoms with van der Waals surface area (Å²) in [5.74, 6) is -0.720. The van der Waals surface area contributed by atoms with Crippen LogP contribution in [0.4, 0.5) is 0 Å². The number of benzene rings is 2. The van der Waals surface area contributed by atoms with Crippen molar-refractivity contribution in [1.82, 2.24) is 10.3 Å². The maximum atomic E-state index is 11.9. The molecular weight excluding hydrogens is 396 g/mol. The van der Waals surface area contributed by atoms with Gasteiger partial charge >= 0.3 is 5.97 Å². The highest BCUT2D eigenvalue weighted by Crippen LogP contribution is 2.23. The molecule has 0 saturated heterocycles. The van der Waals surface area contributed by atoms with E-state index in [2.05, 4.69) is 10.3 Å². The van der Waals surface area contributed by atoms with Gasteiger partial charge in [0.15, 0.2) is 6.61 Å². The zero-order valence-corrected chi connectivity index (χ0v) is 16.8. The van der Waals surface area contributed by atoms with Crippen molar-refractivity contribution in [2.24, 2.45) is 0 Å². The number of carbonyl (C=O) groups excluding carboxylic acids is 2. The number of nitrogens with zero attached hydrogens (tertiary/aromatic N) is 1. The average Bonchev–Trinajstić information content (AvgIpc) is 2.70. The van der Waals surface area contributed by atoms with Crippen LogP contribution in [0.25, 0.3) is 10.9 Å². The van der Waals surface area contributed by atoms with E-state index < -0.39 is 5.97 Å². The minimum absolute atomic E-state index is 0.0925. The predicted octanol–water partition coefficient (Wildman–Crippen LogP) is 4.15. The molecule has 0 unspecified atom stereocenters. The molecule has 0 aliphatic rings. The molecule has 5 nitrogen and oxygen atoms in total. The highest BCUT2D eigenvalue weighted by molar-refractivity contribution is 7.99. The third kappa shape index (κ3) is 5.71. The van der Waals surface area contributed by atoms with E-state index in [1.807, 2.05) is 49.4 Å². The Labute approximate surface area is 172 Å². The molecule has 1 amide bonds. The number of aryl methyl sites for hydroxylation is 1. The first-order valence-corrected chi connectivity index (χ1v) is 10.0. The maximum Gasteiger partial charge on any atom is 0.316 e. The Morgan fingerprint density at radius 1 is 1.14 bits per heavy atom. The van der Waals surface area contributed by atoms with Gasteiger partial charge in [-0.15, -0.1) is 0 Å². The monoisotopic (exact) mass is 414 g/mol. The smallest absolute Gasteiger partial charge is 0.316 e. The van der Waals surface area contributed by atoms with Crippen molar-refractivity contribution in [1.29, 1.82) is 0 Å². The lowest BCUT2D eigenvalue weighted by atomic mass is 10.1. The van der Waals surface area contributed by atoms with Crippen LogP contribution in [-0.2, 0) is 20.9 Å². The number of rotatable bonds is 7. The fourth-order valence-electron chi connectivity index (χ4n) is 2.57. The second kappa shape index (κ2) is 9.57. The van der Waals surface area contributed by atoms with E-state index in [9.17, 15) is 9.59 Å². The largest absolute Gasteiger partial charge is 0.455 e. The summed E-state index contributed by atoms with van der Waals surface area (Å²) in [4.78, 5) is 28.3. The van der Waals surface area contributed by atoms with Gasteiger partial charge in [-0.1, -0.05) is 53.7 Å². The van der Waals surface area contributed by atoms with Crippen LogP contribution < -0.4 is 5.32 Å². The molecule has 0 atom stereocenters. The van der Waals surface area contributed by atoms with E-state index in [4.69, 9.17) is 16.3 Å². The highest BCUT2D eigenvalue weighted by atomic mass is 35.5. The SMILES string of the molecule is Cc1cc(SCC(=O)OCC(=O)NCc2ccc(Cl)cc2)nc2ccccc12. The van der Waals surface area contributed by atoms with Crippen LogP contribution in [0.15, 0.2) is 59.6 Å². The molecule has 0 spiro atoms. The lowest BCUT2D eigenvalue weighted by molar-refractivity contribution is -0.145. The van der Waals surface area contributed by atoms with E-state index >= 15 is 0 Å². The quantitative estimate of drug-likeness (QED) is 0.464. The van der Waals surface area contributed by atoms with E-state index in [-0.39, 0.29) is 18.3 Å². The number of ether oxygens (including phenoxy) is 1. The van der Waals surface area contributed by atoms with Gasteiger partial charge < -0.3 is 10.1 Å². The number of hydrogen-bond donors (Lipinski definition) is 1. The number of halogens is 1. The number of fused-ring (bicyclic) bond motifs is 1. The fourth-order valence-corrected chi connectivity index (χ4v) is 3.47. The summed E-state index contributed by atoms with van der Waals surface area (Å²) in [6, 6.07) is 17.0. The number of amides is 1. The lowest BCUT2D eigenvalue weighted by Gasteiger charge is -2.08. The molecule has 3 aromatic rings. The maximum absolute atomic E-state index is 11.9. The Kier molecular flexibility index (Phi) is 6.90. The third-order valence-electron chi connectivity index (χ3n) is 4.00. The molecule has 3 rings (SSSR count). The summed E-state index contributed by atoms with van der Waals surface area (Å²) in [6.45, 7) is 2.05. The van der Waals surface area contributed by atoms with Gasteiger partial charge in [0.25, 0.3) is 5.91 Å². The van der Waals surface area contributed by atoms with Crippen LogP contribution >= 0.6 is 23.4 Å². The molecule has 0 fully saturated rings. The van der Waals surface area contributed by atoms with Gasteiger partial charge in [-0.25, -0.2) is 4.98 Å². The molecular formula is C21H19ClN2O3S. The van der Waals surface area contributed by atoms with Crippen LogP contribution in [0.3, 0.4) is 0 Å². The molecule has 1 N–H and O–H groups in total. The summed E-state index contributed by atoms with van der Waals surface area (Å²) in [5, 5.41) is 5.17. The zero-order chi connectivity index (χ0) is 19.9. The van der Waals surface area contributed by atoms with Gasteiger partial charge in [0, 0.05) is 17.0 Å². The van der Waals surface area contributed by atoms with Crippen molar-refractivity contribution >= 4 is 46.1 Å². The van der Waals surface area contributed by atoms with E-state index in [1.165, 1.54) is 11.8 Å². The molecule has 1 heterocycles. The molecule has 0 saturated carbocycles. The highest BCUT2D eigenvalue weighted by Gasteiger charge is 2.10. The lowest BCUT2D eigenvalue weighted by Crippen LogP contribution is -2.28. The van der Waals surface area contributed by atoms with Crippen molar-refractivity contribution < 1.29 is 14.3 Å². The first kappa shape index (κ1) is 20.2. The number of aromatic nitrogens is 1. The minimum atomic E-state index is -0.459. The third-order valence-corrected chi connectivity index (χ3v) is 5.14. The molecule has 1 aromatic heterocycles. The van der Waals surface area contributed by atoms with E-state index in [0.717, 1.165) is 27.1 Å². The van der Waals surface area contributed by atoms with Crippen LogP contribution in [0.5, 0.6) is 0 Å². The normalized spacial score (nSPS) is 10.6. The van der Waals surface area contributed by atoms with Gasteiger partial charge in [-0.2, -0.15) is 0 Å². The molecule has 2 aromatic carbocycles. The van der Waals surface area contributed by atoms with Crippen LogP contribution in [0, 0.1) is 6.92 Å². The Bertz CT molecular complexity index is 993. The molecule has 0 bridgehead atoms. The summed E-state index contributed by atoms with van der Waals surface area (Å²) in [6.07, 6.45) is 0. The Morgan fingerprint density at radius 3 is 2.68 bits per heavy atom. The second-order valence-electron chi connectivity index (χ2n) is 6.15. The van der Waals surface area contributed by atoms with Gasteiger partial charge in [0.2, 0.25) is 0 Å². The van der Waals surface area contributed by atoms with E-state index in [0.29, 0.717) is 11.6 Å². The molecule has 0 aliphatic carbocycles. The van der Waals surface area contributed by atoms with Gasteiger partial charge in [-0.05, 0) is 42.3 Å². The molecule has 7 heteroatoms. The van der Waals surface area contributed by atoms with Crippen molar-refractivity contribution in [2.75, 3.05) is 12.4 Å². The van der Waals surface area contributed by atoms with Crippen LogP contribution in [0.1, 0.15) is 11.1 Å². The van der Waals surface area contributed by atoms with Crippen LogP contribution in [0.2, 0.25) is 5.02 Å². The van der Waals surface area contributed by atoms with Crippen molar-refractivity contribution in [3.05, 3.63) is 70.7 Å². The zero-order valence-electron chi connectivity index (χ0n) is 15.3. The fraction of sp³-hybridized carbons (Fsp3) is 0.190. The van der Waals surface area contributed by atoms with E-state index in [1.54, 1.807) is 12.1 Å². The number of thioether (sulfide) groups is 1. The first-order chi connectivity index (χ1) is 13.5. The summed E-state index contributed by atoms with van der Waals surface area (Å²) in [5.41, 5.74) is 2.90. The van der Waals surface area contributed by atoms with Gasteiger partial charge in [0.05, 0.1) is 16.3 Å². The van der Waals surface area contributed by atoms with Crippen molar-refractivity contribution in [3.63, 3.8) is 0 Å². The van der Waals surface area contributed by atoms with Gasteiger partial charge in [-0.3, -0.25) is 9.59 Å². The Morgan fingerprint density at radius 2 is 1.89 bits per heavy atom. The number of para-hydroxylation sites is 1. The first-order valence-electron chi connectivity index (χ1n) is 8.67. The minimum Gasteiger partial charge on any atom is -0.455 e. The standard InChI is InChI=1S/C21H19ClN2O3S/c1-14-10-20(24-18-5-3-2-4-17(14)18)28-13-21(26)27-12-19(25)23-11-15-6-8-16(22)9-7-15/h2-10H,11-13H2,1H3,(H,23,25). The van der Waals surface area contributed by atoms with Gasteiger partial charge in [0.1, 0.15) is 0 Å². The van der Waals surface area contributed by atoms with Crippen LogP contribution in [-0.4, -0.2) is 29.2 Å². The summed E-state index contributed by atoms with van der Waals surface area (Å²) in [7, 11) is 0. The second-order valence-corrected chi connectivity index (χ2v) is 7.58. The molecule has 28 heavy (non-hydrogen) atoms. The number of hydrogen-bond acceptors (Lipinski definition) is 5. The summed E-state index contributed by atoms with van der Waals surface area (Å²) < 4.78 is 5.03. The van der Waals surface area contributed by atoms with Crippen molar-refractivity contribution in [3.8, 4) is 0 Å².